The summed E-state index contributed by atoms with van der Waals surface area (Å²) in [5.41, 5.74) is 0.805. The van der Waals surface area contributed by atoms with Gasteiger partial charge in [-0.15, -0.1) is 11.8 Å². The van der Waals surface area contributed by atoms with Crippen LogP contribution in [0.2, 0.25) is 0 Å². The Morgan fingerprint density at radius 2 is 1.77 bits per heavy atom. The fourth-order valence-corrected chi connectivity index (χ4v) is 4.08. The third kappa shape index (κ3) is 11.1. The van der Waals surface area contributed by atoms with E-state index in [4.69, 9.17) is 14.3 Å². The van der Waals surface area contributed by atoms with Crippen LogP contribution in [0.25, 0.3) is 0 Å². The van der Waals surface area contributed by atoms with Crippen LogP contribution < -0.4 is 10.6 Å². The zero-order valence-corrected chi connectivity index (χ0v) is 20.7. The number of Topliss-reactive ketones (excluding diaryl/α,β-unsaturated/α-hetero) is 1. The number of ether oxygens (including phenoxy) is 1. The fourth-order valence-electron chi connectivity index (χ4n) is 3.21. The lowest BCUT2D eigenvalue weighted by Gasteiger charge is -2.23. The third-order valence-electron chi connectivity index (χ3n) is 4.95. The average molecular weight is 505 g/mol. The van der Waals surface area contributed by atoms with E-state index < -0.39 is 30.1 Å². The molecular weight excluding hydrogens is 472 g/mol. The monoisotopic (exact) mass is 504 g/mol. The highest BCUT2D eigenvalue weighted by Gasteiger charge is 2.28. The molecule has 0 bridgehead atoms. The third-order valence-corrected chi connectivity index (χ3v) is 5.93. The van der Waals surface area contributed by atoms with Crippen molar-refractivity contribution in [1.29, 1.82) is 0 Å². The Morgan fingerprint density at radius 3 is 2.40 bits per heavy atom. The van der Waals surface area contributed by atoms with Gasteiger partial charge in [0.25, 0.3) is 0 Å². The summed E-state index contributed by atoms with van der Waals surface area (Å²) in [4.78, 5) is 49.2. The molecule has 2 rings (SSSR count). The van der Waals surface area contributed by atoms with Crippen molar-refractivity contribution >= 4 is 35.5 Å². The topological polar surface area (TPSA) is 135 Å². The number of amides is 2. The number of carboxylic acids is 1. The number of hydrogen-bond acceptors (Lipinski definition) is 7. The Bertz CT molecular complexity index is 948. The van der Waals surface area contributed by atoms with Gasteiger partial charge < -0.3 is 24.9 Å². The van der Waals surface area contributed by atoms with E-state index in [1.165, 1.54) is 11.8 Å². The SMILES string of the molecule is CC(C)C[C@H](NC(=O)OCc1ccccc1)C(=O)N[C@@H](CCC(=O)O)C(=O)CSCc1ccco1. The van der Waals surface area contributed by atoms with Gasteiger partial charge in [0.2, 0.25) is 5.91 Å². The minimum atomic E-state index is -1.07. The highest BCUT2D eigenvalue weighted by atomic mass is 32.2. The van der Waals surface area contributed by atoms with Gasteiger partial charge in [-0.2, -0.15) is 0 Å². The Kier molecular flexibility index (Phi) is 11.9. The van der Waals surface area contributed by atoms with E-state index in [0.29, 0.717) is 17.9 Å². The lowest BCUT2D eigenvalue weighted by molar-refractivity contribution is -0.137. The number of nitrogens with one attached hydrogen (secondary N) is 2. The Labute approximate surface area is 209 Å². The van der Waals surface area contributed by atoms with Crippen molar-refractivity contribution in [2.75, 3.05) is 5.75 Å². The number of carbonyl (C=O) groups excluding carboxylic acids is 3. The minimum absolute atomic E-state index is 0.0475. The second kappa shape index (κ2) is 14.9. The van der Waals surface area contributed by atoms with Gasteiger partial charge in [-0.25, -0.2) is 4.79 Å². The van der Waals surface area contributed by atoms with Crippen molar-refractivity contribution in [3.63, 3.8) is 0 Å². The summed E-state index contributed by atoms with van der Waals surface area (Å²) in [6.07, 6.45) is 0.784. The molecule has 0 aliphatic heterocycles. The fraction of sp³-hybridized carbons (Fsp3) is 0.440. The summed E-state index contributed by atoms with van der Waals surface area (Å²) in [7, 11) is 0. The molecule has 1 aromatic heterocycles. The largest absolute Gasteiger partial charge is 0.481 e. The molecule has 0 fully saturated rings. The van der Waals surface area contributed by atoms with Crippen LogP contribution in [-0.2, 0) is 31.5 Å². The van der Waals surface area contributed by atoms with Crippen LogP contribution in [0.1, 0.15) is 44.4 Å². The van der Waals surface area contributed by atoms with Gasteiger partial charge in [0.05, 0.1) is 23.8 Å². The van der Waals surface area contributed by atoms with Crippen LogP contribution in [0.4, 0.5) is 4.79 Å². The van der Waals surface area contributed by atoms with Crippen LogP contribution in [-0.4, -0.2) is 46.7 Å². The zero-order chi connectivity index (χ0) is 25.6. The van der Waals surface area contributed by atoms with Crippen LogP contribution in [0.5, 0.6) is 0 Å². The van der Waals surface area contributed by atoms with Gasteiger partial charge in [-0.05, 0) is 36.5 Å². The van der Waals surface area contributed by atoms with Crippen LogP contribution in [0.3, 0.4) is 0 Å². The number of rotatable bonds is 15. The normalized spacial score (nSPS) is 12.5. The van der Waals surface area contributed by atoms with Gasteiger partial charge in [0.1, 0.15) is 18.4 Å². The first-order valence-corrected chi connectivity index (χ1v) is 12.5. The van der Waals surface area contributed by atoms with E-state index in [1.807, 2.05) is 44.2 Å². The number of carbonyl (C=O) groups is 4. The van der Waals surface area contributed by atoms with E-state index in [2.05, 4.69) is 10.6 Å². The molecule has 0 saturated carbocycles. The molecule has 0 aliphatic rings. The molecule has 190 valence electrons. The maximum Gasteiger partial charge on any atom is 0.408 e. The summed E-state index contributed by atoms with van der Waals surface area (Å²) in [6, 6.07) is 10.8. The molecule has 2 atom stereocenters. The summed E-state index contributed by atoms with van der Waals surface area (Å²) >= 11 is 1.31. The Hall–Kier alpha value is -3.27. The Balaban J connectivity index is 1.96. The van der Waals surface area contributed by atoms with Crippen LogP contribution >= 0.6 is 11.8 Å². The smallest absolute Gasteiger partial charge is 0.408 e. The second-order valence-corrected chi connectivity index (χ2v) is 9.41. The van der Waals surface area contributed by atoms with Gasteiger partial charge >= 0.3 is 12.1 Å². The molecule has 1 heterocycles. The molecule has 2 amide bonds. The number of thioether (sulfide) groups is 1. The van der Waals surface area contributed by atoms with Crippen LogP contribution in [0, 0.1) is 5.92 Å². The lowest BCUT2D eigenvalue weighted by Crippen LogP contribution is -2.52. The molecule has 0 spiro atoms. The highest BCUT2D eigenvalue weighted by molar-refractivity contribution is 7.99. The van der Waals surface area contributed by atoms with E-state index in [0.717, 1.165) is 5.56 Å². The number of aliphatic carboxylic acids is 1. The molecule has 9 nitrogen and oxygen atoms in total. The predicted molar refractivity (Wildman–Crippen MR) is 132 cm³/mol. The van der Waals surface area contributed by atoms with Crippen molar-refractivity contribution in [2.24, 2.45) is 5.92 Å². The zero-order valence-electron chi connectivity index (χ0n) is 19.9. The molecule has 3 N–H and O–H groups in total. The van der Waals surface area contributed by atoms with E-state index in [1.54, 1.807) is 18.4 Å². The Morgan fingerprint density at radius 1 is 1.03 bits per heavy atom. The number of carboxylic acid groups (broad SMARTS) is 1. The maximum atomic E-state index is 13.0. The van der Waals surface area contributed by atoms with E-state index >= 15 is 0 Å². The lowest BCUT2D eigenvalue weighted by atomic mass is 10.0. The van der Waals surface area contributed by atoms with Crippen LogP contribution in [0.15, 0.2) is 53.1 Å². The predicted octanol–water partition coefficient (Wildman–Crippen LogP) is 3.77. The standard InChI is InChI=1S/C25H32N2O7S/c1-17(2)13-21(27-25(32)34-14-18-7-4-3-5-8-18)24(31)26-20(10-11-23(29)30)22(28)16-35-15-19-9-6-12-33-19/h3-9,12,17,20-21H,10-11,13-16H2,1-2H3,(H,26,31)(H,27,32)(H,29,30)/t20-,21-/m0/s1. The average Bonchev–Trinajstić information content (AvgIpc) is 3.33. The number of alkyl carbamates (subject to hydrolysis) is 1. The summed E-state index contributed by atoms with van der Waals surface area (Å²) < 4.78 is 10.5. The minimum Gasteiger partial charge on any atom is -0.481 e. The van der Waals surface area contributed by atoms with Crippen molar-refractivity contribution in [3.8, 4) is 0 Å². The van der Waals surface area contributed by atoms with Crippen molar-refractivity contribution in [2.45, 2.75) is 57.6 Å². The van der Waals surface area contributed by atoms with Gasteiger partial charge in [-0.3, -0.25) is 14.4 Å². The van der Waals surface area contributed by atoms with Crippen molar-refractivity contribution in [1.82, 2.24) is 10.6 Å². The number of ketones is 1. The van der Waals surface area contributed by atoms with E-state index in [-0.39, 0.29) is 36.9 Å². The molecule has 2 aromatic rings. The molecule has 0 saturated heterocycles. The van der Waals surface area contributed by atoms with Gasteiger partial charge in [0.15, 0.2) is 5.78 Å². The first-order chi connectivity index (χ1) is 16.7. The number of furan rings is 1. The molecule has 0 aliphatic carbocycles. The first-order valence-electron chi connectivity index (χ1n) is 11.4. The number of benzene rings is 1. The van der Waals surface area contributed by atoms with Crippen molar-refractivity contribution in [3.05, 3.63) is 60.1 Å². The molecule has 0 unspecified atom stereocenters. The maximum absolute atomic E-state index is 13.0. The second-order valence-electron chi connectivity index (χ2n) is 8.42. The quantitative estimate of drug-likeness (QED) is 0.334. The highest BCUT2D eigenvalue weighted by Crippen LogP contribution is 2.15. The first kappa shape index (κ1) is 28.0. The molecule has 35 heavy (non-hydrogen) atoms. The van der Waals surface area contributed by atoms with Crippen molar-refractivity contribution < 1.29 is 33.4 Å². The summed E-state index contributed by atoms with van der Waals surface area (Å²) in [6.45, 7) is 3.85. The summed E-state index contributed by atoms with van der Waals surface area (Å²) in [5.74, 6) is -0.598. The summed E-state index contributed by atoms with van der Waals surface area (Å²) in [5, 5.41) is 14.3. The van der Waals surface area contributed by atoms with Gasteiger partial charge in [-0.1, -0.05) is 44.2 Å². The molecular formula is C25H32N2O7S. The molecule has 10 heteroatoms. The molecule has 1 aromatic carbocycles. The van der Waals surface area contributed by atoms with Gasteiger partial charge in [0, 0.05) is 6.42 Å². The number of hydrogen-bond donors (Lipinski definition) is 3. The molecule has 0 radical (unpaired) electrons. The van der Waals surface area contributed by atoms with E-state index in [9.17, 15) is 19.2 Å².